The summed E-state index contributed by atoms with van der Waals surface area (Å²) in [5.41, 5.74) is 0.456. The van der Waals surface area contributed by atoms with Crippen molar-refractivity contribution >= 4 is 0 Å². The van der Waals surface area contributed by atoms with Crippen LogP contribution in [0.2, 0.25) is 0 Å². The molecule has 1 aromatic carbocycles. The molecule has 1 unspecified atom stereocenters. The van der Waals surface area contributed by atoms with E-state index < -0.39 is 0 Å². The first kappa shape index (κ1) is 13.4. The van der Waals surface area contributed by atoms with Gasteiger partial charge in [0.25, 0.3) is 0 Å². The predicted octanol–water partition coefficient (Wildman–Crippen LogP) is 2.54. The van der Waals surface area contributed by atoms with Gasteiger partial charge in [-0.05, 0) is 44.6 Å². The molecule has 1 aliphatic heterocycles. The van der Waals surface area contributed by atoms with E-state index in [1.54, 1.807) is 0 Å². The van der Waals surface area contributed by atoms with Gasteiger partial charge < -0.3 is 5.32 Å². The highest BCUT2D eigenvalue weighted by Crippen LogP contribution is 2.20. The van der Waals surface area contributed by atoms with Gasteiger partial charge >= 0.3 is 0 Å². The number of nitrogens with zero attached hydrogens (tertiary/aromatic N) is 1. The monoisotopic (exact) mass is 254 g/mol. The van der Waals surface area contributed by atoms with Crippen LogP contribution in [0.15, 0.2) is 18.2 Å². The molecule has 0 aliphatic carbocycles. The number of benzene rings is 1. The first-order valence-electron chi connectivity index (χ1n) is 6.53. The summed E-state index contributed by atoms with van der Waals surface area (Å²) >= 11 is 0. The zero-order valence-electron chi connectivity index (χ0n) is 10.8. The van der Waals surface area contributed by atoms with Crippen molar-refractivity contribution in [2.45, 2.75) is 31.8 Å². The molecule has 1 aromatic rings. The number of hydrogen-bond donors (Lipinski definition) is 1. The maximum Gasteiger partial charge on any atom is 0.127 e. The van der Waals surface area contributed by atoms with Crippen LogP contribution in [0.1, 0.15) is 24.8 Å². The average Bonchev–Trinajstić information content (AvgIpc) is 2.36. The maximum atomic E-state index is 13.6. The van der Waals surface area contributed by atoms with Gasteiger partial charge in [0.15, 0.2) is 0 Å². The first-order chi connectivity index (χ1) is 8.70. The Morgan fingerprint density at radius 2 is 2.17 bits per heavy atom. The standard InChI is InChI=1S/C14H20F2N2/c1-17-9-13-4-2-3-7-18(13)10-11-8-12(15)5-6-14(11)16/h5-6,8,13,17H,2-4,7,9-10H2,1H3. The van der Waals surface area contributed by atoms with Crippen LogP contribution in [-0.2, 0) is 6.54 Å². The molecule has 0 radical (unpaired) electrons. The van der Waals surface area contributed by atoms with Gasteiger partial charge in [-0.2, -0.15) is 0 Å². The number of likely N-dealkylation sites (N-methyl/N-ethyl adjacent to an activating group) is 1. The molecule has 1 N–H and O–H groups in total. The van der Waals surface area contributed by atoms with Crippen LogP contribution in [0, 0.1) is 11.6 Å². The topological polar surface area (TPSA) is 15.3 Å². The van der Waals surface area contributed by atoms with E-state index in [0.29, 0.717) is 18.2 Å². The zero-order valence-corrected chi connectivity index (χ0v) is 10.8. The van der Waals surface area contributed by atoms with E-state index in [0.717, 1.165) is 25.9 Å². The highest BCUT2D eigenvalue weighted by Gasteiger charge is 2.22. The summed E-state index contributed by atoms with van der Waals surface area (Å²) in [6.07, 6.45) is 3.48. The summed E-state index contributed by atoms with van der Waals surface area (Å²) in [4.78, 5) is 2.25. The summed E-state index contributed by atoms with van der Waals surface area (Å²) < 4.78 is 26.8. The van der Waals surface area contributed by atoms with Gasteiger partial charge in [-0.3, -0.25) is 4.90 Å². The third-order valence-electron chi connectivity index (χ3n) is 3.57. The third kappa shape index (κ3) is 3.27. The number of rotatable bonds is 4. The molecule has 2 nitrogen and oxygen atoms in total. The molecule has 1 heterocycles. The van der Waals surface area contributed by atoms with Gasteiger partial charge in [-0.15, -0.1) is 0 Å². The first-order valence-corrected chi connectivity index (χ1v) is 6.53. The van der Waals surface area contributed by atoms with Crippen molar-refractivity contribution in [2.24, 2.45) is 0 Å². The van der Waals surface area contributed by atoms with Crippen LogP contribution < -0.4 is 5.32 Å². The van der Waals surface area contributed by atoms with Crippen LogP contribution in [0.25, 0.3) is 0 Å². The molecule has 4 heteroatoms. The molecule has 18 heavy (non-hydrogen) atoms. The van der Waals surface area contributed by atoms with Crippen molar-refractivity contribution in [3.8, 4) is 0 Å². The second-order valence-electron chi connectivity index (χ2n) is 4.91. The van der Waals surface area contributed by atoms with E-state index in [9.17, 15) is 8.78 Å². The van der Waals surface area contributed by atoms with E-state index in [-0.39, 0.29) is 11.6 Å². The lowest BCUT2D eigenvalue weighted by Gasteiger charge is -2.35. The molecular weight excluding hydrogens is 234 g/mol. The van der Waals surface area contributed by atoms with Gasteiger partial charge in [0, 0.05) is 24.7 Å². The Morgan fingerprint density at radius 3 is 2.94 bits per heavy atom. The molecule has 1 saturated heterocycles. The third-order valence-corrected chi connectivity index (χ3v) is 3.57. The molecule has 0 amide bonds. The smallest absolute Gasteiger partial charge is 0.127 e. The van der Waals surface area contributed by atoms with E-state index in [1.165, 1.54) is 24.6 Å². The Balaban J connectivity index is 2.08. The Labute approximate surface area is 107 Å². The summed E-state index contributed by atoms with van der Waals surface area (Å²) in [7, 11) is 1.93. The maximum absolute atomic E-state index is 13.6. The Bertz CT molecular complexity index is 393. The van der Waals surface area contributed by atoms with Crippen molar-refractivity contribution in [3.63, 3.8) is 0 Å². The van der Waals surface area contributed by atoms with Crippen LogP contribution >= 0.6 is 0 Å². The lowest BCUT2D eigenvalue weighted by Crippen LogP contribution is -2.44. The van der Waals surface area contributed by atoms with Crippen molar-refractivity contribution < 1.29 is 8.78 Å². The van der Waals surface area contributed by atoms with Crippen LogP contribution in [-0.4, -0.2) is 31.1 Å². The molecule has 2 rings (SSSR count). The number of nitrogens with one attached hydrogen (secondary N) is 1. The highest BCUT2D eigenvalue weighted by atomic mass is 19.1. The van der Waals surface area contributed by atoms with Crippen molar-refractivity contribution in [2.75, 3.05) is 20.1 Å². The number of piperidine rings is 1. The van der Waals surface area contributed by atoms with Crippen LogP contribution in [0.4, 0.5) is 8.78 Å². The minimum Gasteiger partial charge on any atom is -0.318 e. The minimum atomic E-state index is -0.367. The van der Waals surface area contributed by atoms with Gasteiger partial charge in [0.05, 0.1) is 0 Å². The number of likely N-dealkylation sites (tertiary alicyclic amines) is 1. The van der Waals surface area contributed by atoms with Gasteiger partial charge in [0.1, 0.15) is 11.6 Å². The average molecular weight is 254 g/mol. The lowest BCUT2D eigenvalue weighted by atomic mass is 10.0. The fourth-order valence-electron chi connectivity index (χ4n) is 2.62. The molecule has 0 aromatic heterocycles. The van der Waals surface area contributed by atoms with Crippen LogP contribution in [0.5, 0.6) is 0 Å². The van der Waals surface area contributed by atoms with Gasteiger partial charge in [-0.25, -0.2) is 8.78 Å². The summed E-state index contributed by atoms with van der Waals surface area (Å²) in [6, 6.07) is 4.11. The Kier molecular flexibility index (Phi) is 4.66. The molecule has 1 atom stereocenters. The molecule has 1 fully saturated rings. The quantitative estimate of drug-likeness (QED) is 0.888. The minimum absolute atomic E-state index is 0.315. The van der Waals surface area contributed by atoms with Crippen molar-refractivity contribution in [1.82, 2.24) is 10.2 Å². The molecule has 100 valence electrons. The van der Waals surface area contributed by atoms with Crippen LogP contribution in [0.3, 0.4) is 0 Å². The highest BCUT2D eigenvalue weighted by molar-refractivity contribution is 5.18. The van der Waals surface area contributed by atoms with E-state index in [1.807, 2.05) is 7.05 Å². The summed E-state index contributed by atoms with van der Waals surface area (Å²) in [5.74, 6) is -0.682. The summed E-state index contributed by atoms with van der Waals surface area (Å²) in [5, 5.41) is 3.17. The Morgan fingerprint density at radius 1 is 1.33 bits per heavy atom. The number of halogens is 2. The largest absolute Gasteiger partial charge is 0.318 e. The predicted molar refractivity (Wildman–Crippen MR) is 68.3 cm³/mol. The Hall–Kier alpha value is -1.00. The van der Waals surface area contributed by atoms with Gasteiger partial charge in [-0.1, -0.05) is 6.42 Å². The van der Waals surface area contributed by atoms with Gasteiger partial charge in [0.2, 0.25) is 0 Å². The van der Waals surface area contributed by atoms with Crippen molar-refractivity contribution in [3.05, 3.63) is 35.4 Å². The van der Waals surface area contributed by atoms with E-state index in [4.69, 9.17) is 0 Å². The molecule has 1 aliphatic rings. The molecule has 0 saturated carbocycles. The fraction of sp³-hybridized carbons (Fsp3) is 0.571. The zero-order chi connectivity index (χ0) is 13.0. The lowest BCUT2D eigenvalue weighted by molar-refractivity contribution is 0.137. The normalized spacial score (nSPS) is 21.2. The fourth-order valence-corrected chi connectivity index (χ4v) is 2.62. The molecule has 0 bridgehead atoms. The SMILES string of the molecule is CNCC1CCCCN1Cc1cc(F)ccc1F. The second kappa shape index (κ2) is 6.25. The van der Waals surface area contributed by atoms with E-state index >= 15 is 0 Å². The second-order valence-corrected chi connectivity index (χ2v) is 4.91. The van der Waals surface area contributed by atoms with E-state index in [2.05, 4.69) is 10.2 Å². The van der Waals surface area contributed by atoms with Crippen molar-refractivity contribution in [1.29, 1.82) is 0 Å². The molecule has 0 spiro atoms. The summed E-state index contributed by atoms with van der Waals surface area (Å²) in [6.45, 7) is 2.36. The number of hydrogen-bond acceptors (Lipinski definition) is 2. The molecular formula is C14H20F2N2.